The minimum Gasteiger partial charge on any atom is -0.326 e. The Kier molecular flexibility index (Phi) is 8.29. The summed E-state index contributed by atoms with van der Waals surface area (Å²) < 4.78 is 1.99. The third-order valence-electron chi connectivity index (χ3n) is 5.16. The third kappa shape index (κ3) is 6.71. The van der Waals surface area contributed by atoms with Crippen LogP contribution in [0.3, 0.4) is 0 Å². The predicted octanol–water partition coefficient (Wildman–Crippen LogP) is 3.09. The van der Waals surface area contributed by atoms with Crippen molar-refractivity contribution in [2.45, 2.75) is 33.2 Å². The Morgan fingerprint density at radius 1 is 1.06 bits per heavy atom. The number of halogens is 1. The van der Waals surface area contributed by atoms with Crippen LogP contribution in [0, 0.1) is 18.8 Å². The number of hydrogen-bond donors (Lipinski definition) is 2. The Hall–Kier alpha value is -4.09. The number of benzene rings is 2. The number of aryl methyl sites for hydroxylation is 2. The predicted molar refractivity (Wildman–Crippen MR) is 137 cm³/mol. The highest BCUT2D eigenvalue weighted by molar-refractivity contribution is 6.32. The first-order chi connectivity index (χ1) is 16.7. The molecule has 0 spiro atoms. The van der Waals surface area contributed by atoms with Crippen molar-refractivity contribution in [3.8, 4) is 11.8 Å². The number of rotatable bonds is 6. The maximum absolute atomic E-state index is 12.6. The van der Waals surface area contributed by atoms with E-state index in [0.717, 1.165) is 20.3 Å². The van der Waals surface area contributed by atoms with E-state index in [2.05, 4.69) is 22.5 Å². The second-order valence-electron chi connectivity index (χ2n) is 8.00. The fourth-order valence-corrected chi connectivity index (χ4v) is 3.56. The number of nitrogens with zero attached hydrogens (tertiary/aromatic N) is 2. The van der Waals surface area contributed by atoms with E-state index in [-0.39, 0.29) is 29.7 Å². The van der Waals surface area contributed by atoms with Crippen molar-refractivity contribution in [1.29, 1.82) is 0 Å². The van der Waals surface area contributed by atoms with Gasteiger partial charge >= 0.3 is 5.69 Å². The van der Waals surface area contributed by atoms with Gasteiger partial charge in [-0.05, 0) is 37.1 Å². The van der Waals surface area contributed by atoms with Gasteiger partial charge in [0, 0.05) is 31.6 Å². The minimum absolute atomic E-state index is 0.109. The first-order valence-electron chi connectivity index (χ1n) is 10.9. The molecule has 3 aromatic rings. The van der Waals surface area contributed by atoms with Gasteiger partial charge < -0.3 is 10.6 Å². The van der Waals surface area contributed by atoms with Crippen LogP contribution in [0.25, 0.3) is 0 Å². The maximum atomic E-state index is 12.6. The van der Waals surface area contributed by atoms with Gasteiger partial charge in [-0.15, -0.1) is 0 Å². The Labute approximate surface area is 207 Å². The van der Waals surface area contributed by atoms with Crippen LogP contribution in [-0.4, -0.2) is 20.9 Å². The van der Waals surface area contributed by atoms with Crippen molar-refractivity contribution in [1.82, 2.24) is 9.13 Å². The van der Waals surface area contributed by atoms with Gasteiger partial charge in [0.05, 0.1) is 6.54 Å². The van der Waals surface area contributed by atoms with E-state index in [0.29, 0.717) is 17.7 Å². The lowest BCUT2D eigenvalue weighted by atomic mass is 10.1. The number of aromatic nitrogens is 2. The summed E-state index contributed by atoms with van der Waals surface area (Å²) in [4.78, 5) is 49.0. The Morgan fingerprint density at radius 3 is 2.46 bits per heavy atom. The number of carbonyl (C=O) groups is 2. The number of nitrogens with one attached hydrogen (secondary N) is 2. The molecule has 1 heterocycles. The van der Waals surface area contributed by atoms with Gasteiger partial charge in [0.1, 0.15) is 10.8 Å². The van der Waals surface area contributed by atoms with E-state index >= 15 is 0 Å². The fraction of sp³-hybridized carbons (Fsp3) is 0.231. The van der Waals surface area contributed by atoms with Crippen LogP contribution in [0.15, 0.2) is 58.1 Å². The van der Waals surface area contributed by atoms with Crippen LogP contribution in [0.2, 0.25) is 5.15 Å². The summed E-state index contributed by atoms with van der Waals surface area (Å²) in [6.45, 7) is 3.28. The molecule has 0 unspecified atom stereocenters. The molecule has 0 aliphatic heterocycles. The highest BCUT2D eigenvalue weighted by atomic mass is 35.5. The number of carbonyl (C=O) groups excluding carboxylic acids is 2. The molecule has 0 fully saturated rings. The van der Waals surface area contributed by atoms with E-state index in [1.165, 1.54) is 14.0 Å². The zero-order chi connectivity index (χ0) is 25.5. The quantitative estimate of drug-likeness (QED) is 0.407. The molecule has 0 aliphatic carbocycles. The Balaban J connectivity index is 1.79. The molecule has 3 rings (SSSR count). The third-order valence-corrected chi connectivity index (χ3v) is 5.55. The average Bonchev–Trinajstić information content (AvgIpc) is 2.82. The summed E-state index contributed by atoms with van der Waals surface area (Å²) >= 11 is 6.35. The van der Waals surface area contributed by atoms with Crippen molar-refractivity contribution >= 4 is 34.8 Å². The van der Waals surface area contributed by atoms with Crippen LogP contribution >= 0.6 is 11.6 Å². The highest BCUT2D eigenvalue weighted by Crippen LogP contribution is 2.16. The molecule has 2 amide bonds. The molecule has 8 nitrogen and oxygen atoms in total. The molecule has 0 atom stereocenters. The van der Waals surface area contributed by atoms with Crippen LogP contribution in [0.4, 0.5) is 11.4 Å². The van der Waals surface area contributed by atoms with Gasteiger partial charge in [0.15, 0.2) is 0 Å². The van der Waals surface area contributed by atoms with Crippen LogP contribution < -0.4 is 21.9 Å². The summed E-state index contributed by atoms with van der Waals surface area (Å²) in [6, 6.07) is 14.7. The Morgan fingerprint density at radius 2 is 1.77 bits per heavy atom. The average molecular weight is 493 g/mol. The van der Waals surface area contributed by atoms with Gasteiger partial charge in [-0.25, -0.2) is 4.79 Å². The lowest BCUT2D eigenvalue weighted by molar-refractivity contribution is -0.116. The molecule has 9 heteroatoms. The Bertz CT molecular complexity index is 1440. The molecule has 0 bridgehead atoms. The van der Waals surface area contributed by atoms with Crippen molar-refractivity contribution < 1.29 is 9.59 Å². The van der Waals surface area contributed by atoms with Gasteiger partial charge in [0.25, 0.3) is 5.56 Å². The largest absolute Gasteiger partial charge is 0.332 e. The summed E-state index contributed by atoms with van der Waals surface area (Å²) in [5.41, 5.74) is 1.81. The zero-order valence-electron chi connectivity index (χ0n) is 19.6. The second kappa shape index (κ2) is 11.4. The zero-order valence-corrected chi connectivity index (χ0v) is 20.4. The summed E-state index contributed by atoms with van der Waals surface area (Å²) in [6.07, 6.45) is 0.638. The minimum atomic E-state index is -0.698. The maximum Gasteiger partial charge on any atom is 0.332 e. The summed E-state index contributed by atoms with van der Waals surface area (Å²) in [7, 11) is 1.31. The molecule has 1 aromatic heterocycles. The molecule has 0 radical (unpaired) electrons. The molecule has 0 saturated carbocycles. The smallest absolute Gasteiger partial charge is 0.326 e. The van der Waals surface area contributed by atoms with Crippen molar-refractivity contribution in [3.05, 3.63) is 91.2 Å². The molecule has 2 aromatic carbocycles. The number of anilines is 2. The van der Waals surface area contributed by atoms with E-state index in [1.54, 1.807) is 24.3 Å². The topological polar surface area (TPSA) is 102 Å². The molecule has 2 N–H and O–H groups in total. The molecular weight excluding hydrogens is 468 g/mol. The fourth-order valence-electron chi connectivity index (χ4n) is 3.30. The monoisotopic (exact) mass is 492 g/mol. The lowest BCUT2D eigenvalue weighted by Gasteiger charge is -2.13. The molecular formula is C26H25ClN4O4. The van der Waals surface area contributed by atoms with Gasteiger partial charge in [0.2, 0.25) is 11.8 Å². The standard InChI is InChI=1S/C26H25ClN4O4/c1-17-9-11-19(12-10-17)13-14-22(33)29-23-24(27)31(26(35)30(3)25(23)34)15-5-7-20-6-4-8-21(16-20)28-18(2)32/h4,6,8-12,16H,13-15H2,1-3H3,(H,28,32)(H,29,33). The van der Waals surface area contributed by atoms with Crippen LogP contribution in [0.1, 0.15) is 30.0 Å². The van der Waals surface area contributed by atoms with Crippen molar-refractivity contribution in [3.63, 3.8) is 0 Å². The van der Waals surface area contributed by atoms with E-state index in [9.17, 15) is 19.2 Å². The number of hydrogen-bond acceptors (Lipinski definition) is 4. The number of amides is 2. The second-order valence-corrected chi connectivity index (χ2v) is 8.35. The molecule has 0 saturated heterocycles. The first-order valence-corrected chi connectivity index (χ1v) is 11.2. The van der Waals surface area contributed by atoms with E-state index in [1.807, 2.05) is 31.2 Å². The summed E-state index contributed by atoms with van der Waals surface area (Å²) in [5.74, 6) is 5.16. The van der Waals surface area contributed by atoms with Crippen LogP contribution in [0.5, 0.6) is 0 Å². The van der Waals surface area contributed by atoms with Gasteiger partial charge in [-0.3, -0.25) is 23.5 Å². The van der Waals surface area contributed by atoms with E-state index in [4.69, 9.17) is 11.6 Å². The van der Waals surface area contributed by atoms with E-state index < -0.39 is 17.2 Å². The van der Waals surface area contributed by atoms with Gasteiger partial charge in [-0.1, -0.05) is 59.3 Å². The highest BCUT2D eigenvalue weighted by Gasteiger charge is 2.17. The molecule has 180 valence electrons. The lowest BCUT2D eigenvalue weighted by Crippen LogP contribution is -2.40. The SMILES string of the molecule is CC(=O)Nc1cccc(C#CCn2c(Cl)c(NC(=O)CCc3ccc(C)cc3)c(=O)n(C)c2=O)c1. The summed E-state index contributed by atoms with van der Waals surface area (Å²) in [5, 5.41) is 5.03. The van der Waals surface area contributed by atoms with Crippen molar-refractivity contribution in [2.24, 2.45) is 7.05 Å². The molecule has 0 aliphatic rings. The first kappa shape index (κ1) is 25.5. The molecule has 35 heavy (non-hydrogen) atoms. The van der Waals surface area contributed by atoms with Gasteiger partial charge in [-0.2, -0.15) is 0 Å². The van der Waals surface area contributed by atoms with Crippen molar-refractivity contribution in [2.75, 3.05) is 10.6 Å². The van der Waals surface area contributed by atoms with Crippen LogP contribution in [-0.2, 0) is 29.6 Å². The normalized spacial score (nSPS) is 10.3.